The third-order valence-electron chi connectivity index (χ3n) is 2.23. The smallest absolute Gasteiger partial charge is 0.328 e. The highest BCUT2D eigenvalue weighted by molar-refractivity contribution is 5.22. The summed E-state index contributed by atoms with van der Waals surface area (Å²) in [6.45, 7) is 0.850. The Morgan fingerprint density at radius 1 is 1.56 bits per heavy atom. The van der Waals surface area contributed by atoms with Crippen LogP contribution in [0.3, 0.4) is 0 Å². The van der Waals surface area contributed by atoms with E-state index in [9.17, 15) is 9.59 Å². The zero-order valence-corrected chi connectivity index (χ0v) is 8.40. The van der Waals surface area contributed by atoms with Crippen molar-refractivity contribution in [1.82, 2.24) is 9.55 Å². The number of nitriles is 1. The van der Waals surface area contributed by atoms with Crippen LogP contribution >= 0.6 is 0 Å². The molecule has 0 aromatic carbocycles. The summed E-state index contributed by atoms with van der Waals surface area (Å²) in [6.07, 6.45) is 3.94. The molecule has 0 fully saturated rings. The predicted molar refractivity (Wildman–Crippen MR) is 54.7 cm³/mol. The van der Waals surface area contributed by atoms with Crippen LogP contribution in [0.4, 0.5) is 0 Å². The summed E-state index contributed by atoms with van der Waals surface area (Å²) in [5.74, 6) is 0.679. The minimum absolute atomic E-state index is 0.0850. The second-order valence-corrected chi connectivity index (χ2v) is 3.35. The number of nitrogens with zero attached hydrogens (tertiary/aromatic N) is 2. The van der Waals surface area contributed by atoms with Gasteiger partial charge in [0.15, 0.2) is 0 Å². The maximum absolute atomic E-state index is 11.4. The first-order valence-electron chi connectivity index (χ1n) is 4.76. The number of H-pyrrole nitrogens is 1. The Balaban J connectivity index is 2.38. The first-order valence-corrected chi connectivity index (χ1v) is 4.76. The van der Waals surface area contributed by atoms with Crippen molar-refractivity contribution < 1.29 is 4.74 Å². The summed E-state index contributed by atoms with van der Waals surface area (Å²) in [4.78, 5) is 24.6. The number of nitrogens with one attached hydrogen (secondary N) is 1. The molecule has 82 valence electrons. The molecule has 0 aliphatic carbocycles. The van der Waals surface area contributed by atoms with Gasteiger partial charge in [0.05, 0.1) is 13.2 Å². The highest BCUT2D eigenvalue weighted by Crippen LogP contribution is 2.10. The minimum Gasteiger partial charge on any atom is -0.496 e. The molecule has 1 aliphatic rings. The van der Waals surface area contributed by atoms with E-state index in [1.54, 1.807) is 6.07 Å². The molecule has 16 heavy (non-hydrogen) atoms. The number of rotatable bonds is 2. The van der Waals surface area contributed by atoms with Gasteiger partial charge in [0.25, 0.3) is 5.56 Å². The summed E-state index contributed by atoms with van der Waals surface area (Å²) in [7, 11) is 0. The zero-order valence-electron chi connectivity index (χ0n) is 8.40. The number of aromatic nitrogens is 2. The molecule has 0 radical (unpaired) electrons. The van der Waals surface area contributed by atoms with E-state index >= 15 is 0 Å². The van der Waals surface area contributed by atoms with Gasteiger partial charge in [-0.05, 0) is 6.08 Å². The molecule has 1 aromatic rings. The molecule has 1 aliphatic heterocycles. The van der Waals surface area contributed by atoms with E-state index in [1.165, 1.54) is 10.8 Å². The summed E-state index contributed by atoms with van der Waals surface area (Å²) in [6, 6.07) is 1.72. The molecule has 2 rings (SSSR count). The van der Waals surface area contributed by atoms with Gasteiger partial charge in [0, 0.05) is 12.6 Å². The van der Waals surface area contributed by atoms with Gasteiger partial charge in [0.2, 0.25) is 0 Å². The Kier molecular flexibility index (Phi) is 2.60. The molecule has 0 atom stereocenters. The molecule has 6 nitrogen and oxygen atoms in total. The van der Waals surface area contributed by atoms with Gasteiger partial charge in [-0.2, -0.15) is 5.26 Å². The van der Waals surface area contributed by atoms with Crippen molar-refractivity contribution in [3.63, 3.8) is 0 Å². The first kappa shape index (κ1) is 10.2. The molecule has 0 saturated heterocycles. The minimum atomic E-state index is -0.662. The monoisotopic (exact) mass is 219 g/mol. The van der Waals surface area contributed by atoms with E-state index in [4.69, 9.17) is 10.00 Å². The van der Waals surface area contributed by atoms with Gasteiger partial charge in [-0.25, -0.2) is 4.79 Å². The van der Waals surface area contributed by atoms with Crippen molar-refractivity contribution in [2.75, 3.05) is 6.61 Å². The van der Waals surface area contributed by atoms with Crippen molar-refractivity contribution >= 4 is 0 Å². The summed E-state index contributed by atoms with van der Waals surface area (Å²) >= 11 is 0. The number of allylic oxidation sites excluding steroid dienone is 1. The van der Waals surface area contributed by atoms with E-state index in [-0.39, 0.29) is 12.1 Å². The van der Waals surface area contributed by atoms with Crippen molar-refractivity contribution in [2.24, 2.45) is 0 Å². The zero-order chi connectivity index (χ0) is 11.5. The second kappa shape index (κ2) is 4.06. The summed E-state index contributed by atoms with van der Waals surface area (Å²) < 4.78 is 6.49. The molecule has 0 saturated carbocycles. The Hall–Kier alpha value is -2.29. The Morgan fingerprint density at radius 2 is 2.38 bits per heavy atom. The maximum Gasteiger partial charge on any atom is 0.328 e. The van der Waals surface area contributed by atoms with Crippen LogP contribution in [-0.2, 0) is 11.3 Å². The van der Waals surface area contributed by atoms with E-state index < -0.39 is 11.2 Å². The molecule has 6 heteroatoms. The van der Waals surface area contributed by atoms with Gasteiger partial charge in [-0.3, -0.25) is 14.3 Å². The van der Waals surface area contributed by atoms with Gasteiger partial charge in [-0.1, -0.05) is 0 Å². The van der Waals surface area contributed by atoms with Crippen LogP contribution in [0.2, 0.25) is 0 Å². The van der Waals surface area contributed by atoms with E-state index in [1.807, 2.05) is 6.08 Å². The number of aromatic amines is 1. The summed E-state index contributed by atoms with van der Waals surface area (Å²) in [5, 5.41) is 8.66. The molecule has 0 spiro atoms. The van der Waals surface area contributed by atoms with Crippen molar-refractivity contribution in [1.29, 1.82) is 5.26 Å². The van der Waals surface area contributed by atoms with Gasteiger partial charge >= 0.3 is 5.69 Å². The number of ether oxygens (including phenoxy) is 1. The standard InChI is InChI=1S/C10H9N3O3/c11-4-7-5-13(10(15)12-9(7)14)6-8-2-1-3-16-8/h2,5H,1,3,6H2,(H,12,14,15). The van der Waals surface area contributed by atoms with Crippen LogP contribution in [0.5, 0.6) is 0 Å². The molecule has 1 N–H and O–H groups in total. The second-order valence-electron chi connectivity index (χ2n) is 3.35. The van der Waals surface area contributed by atoms with Crippen molar-refractivity contribution in [2.45, 2.75) is 13.0 Å². The van der Waals surface area contributed by atoms with Crippen LogP contribution in [-0.4, -0.2) is 16.2 Å². The maximum atomic E-state index is 11.4. The Labute approximate surface area is 90.4 Å². The molecule has 1 aromatic heterocycles. The fourth-order valence-electron chi connectivity index (χ4n) is 1.45. The quantitative estimate of drug-likeness (QED) is 0.740. The Bertz CT molecular complexity index is 589. The molecule has 0 unspecified atom stereocenters. The van der Waals surface area contributed by atoms with Gasteiger partial charge in [-0.15, -0.1) is 0 Å². The highest BCUT2D eigenvalue weighted by atomic mass is 16.5. The van der Waals surface area contributed by atoms with Crippen molar-refractivity contribution in [3.05, 3.63) is 44.4 Å². The van der Waals surface area contributed by atoms with Crippen LogP contribution in [0, 0.1) is 11.3 Å². The lowest BCUT2D eigenvalue weighted by molar-refractivity contribution is 0.228. The molecule has 0 bridgehead atoms. The number of hydrogen-bond donors (Lipinski definition) is 1. The van der Waals surface area contributed by atoms with E-state index in [0.717, 1.165) is 6.42 Å². The SMILES string of the molecule is N#Cc1cn(CC2=CCCO2)c(=O)[nH]c1=O. The lowest BCUT2D eigenvalue weighted by Crippen LogP contribution is -2.31. The van der Waals surface area contributed by atoms with Crippen LogP contribution in [0.25, 0.3) is 0 Å². The molecule has 0 amide bonds. The predicted octanol–water partition coefficient (Wildman–Crippen LogP) is -0.288. The third-order valence-corrected chi connectivity index (χ3v) is 2.23. The average molecular weight is 219 g/mol. The lowest BCUT2D eigenvalue weighted by Gasteiger charge is -2.06. The van der Waals surface area contributed by atoms with Crippen LogP contribution in [0.15, 0.2) is 27.6 Å². The normalized spacial score (nSPS) is 14.1. The van der Waals surface area contributed by atoms with E-state index in [0.29, 0.717) is 12.4 Å². The van der Waals surface area contributed by atoms with Crippen LogP contribution in [0.1, 0.15) is 12.0 Å². The fraction of sp³-hybridized carbons (Fsp3) is 0.300. The summed E-state index contributed by atoms with van der Waals surface area (Å²) in [5.41, 5.74) is -1.29. The number of hydrogen-bond acceptors (Lipinski definition) is 4. The van der Waals surface area contributed by atoms with Gasteiger partial charge < -0.3 is 4.74 Å². The molecular weight excluding hydrogens is 210 g/mol. The van der Waals surface area contributed by atoms with Gasteiger partial charge in [0.1, 0.15) is 17.4 Å². The third kappa shape index (κ3) is 1.88. The lowest BCUT2D eigenvalue weighted by atomic mass is 10.3. The molecule has 2 heterocycles. The van der Waals surface area contributed by atoms with Crippen LogP contribution < -0.4 is 11.2 Å². The average Bonchev–Trinajstić information content (AvgIpc) is 2.75. The Morgan fingerprint density at radius 3 is 3.00 bits per heavy atom. The first-order chi connectivity index (χ1) is 7.70. The van der Waals surface area contributed by atoms with Crippen molar-refractivity contribution in [3.8, 4) is 6.07 Å². The topological polar surface area (TPSA) is 87.9 Å². The highest BCUT2D eigenvalue weighted by Gasteiger charge is 2.09. The molecular formula is C10H9N3O3. The fourth-order valence-corrected chi connectivity index (χ4v) is 1.45. The van der Waals surface area contributed by atoms with E-state index in [2.05, 4.69) is 4.98 Å². The largest absolute Gasteiger partial charge is 0.496 e.